The molecule has 3 N–H and O–H groups in total. The molecule has 2 heterocycles. The van der Waals surface area contributed by atoms with Crippen LogP contribution in [0.3, 0.4) is 0 Å². The van der Waals surface area contributed by atoms with Crippen molar-refractivity contribution in [3.8, 4) is 11.5 Å². The summed E-state index contributed by atoms with van der Waals surface area (Å²) in [6.07, 6.45) is 7.97. The Kier molecular flexibility index (Phi) is 5.25. The number of carbonyl (C=O) groups is 1. The first kappa shape index (κ1) is 18.4. The molecule has 3 rings (SSSR count). The van der Waals surface area contributed by atoms with Gasteiger partial charge in [0.2, 0.25) is 0 Å². The summed E-state index contributed by atoms with van der Waals surface area (Å²) in [7, 11) is 0. The van der Waals surface area contributed by atoms with Crippen LogP contribution in [0.15, 0.2) is 42.2 Å². The number of hydrogen-bond donors (Lipinski definition) is 3. The molecular weight excluding hydrogens is 360 g/mol. The van der Waals surface area contributed by atoms with Crippen LogP contribution in [0.4, 0.5) is 0 Å². The van der Waals surface area contributed by atoms with E-state index in [0.717, 1.165) is 12.3 Å². The number of halogens is 1. The number of cyclic esters (lactones) is 1. The number of esters is 1. The summed E-state index contributed by atoms with van der Waals surface area (Å²) in [5.41, 5.74) is 0.468. The average molecular weight is 379 g/mol. The number of phenolic OH excluding ortho intramolecular Hbond substituents is 2. The summed E-state index contributed by atoms with van der Waals surface area (Å²) in [4.78, 5) is 12.6. The number of aliphatic hydroxyl groups excluding tert-OH is 1. The van der Waals surface area contributed by atoms with E-state index in [2.05, 4.69) is 0 Å². The molecule has 138 valence electrons. The summed E-state index contributed by atoms with van der Waals surface area (Å²) in [6.45, 7) is 1.74. The fraction of sp³-hybridized carbons (Fsp3) is 0.316. The minimum Gasteiger partial charge on any atom is -0.515 e. The van der Waals surface area contributed by atoms with Crippen molar-refractivity contribution in [3.05, 3.63) is 58.4 Å². The predicted molar refractivity (Wildman–Crippen MR) is 95.6 cm³/mol. The molecule has 0 amide bonds. The van der Waals surface area contributed by atoms with E-state index in [9.17, 15) is 20.1 Å². The maximum absolute atomic E-state index is 12.6. The number of phenols is 2. The number of benzene rings is 1. The molecule has 0 spiro atoms. The van der Waals surface area contributed by atoms with Gasteiger partial charge in [-0.05, 0) is 18.1 Å². The summed E-state index contributed by atoms with van der Waals surface area (Å²) in [6, 6.07) is 0.997. The maximum atomic E-state index is 12.6. The Hall–Kier alpha value is -2.44. The van der Waals surface area contributed by atoms with Crippen molar-refractivity contribution in [2.24, 2.45) is 0 Å². The van der Waals surface area contributed by atoms with Gasteiger partial charge in [-0.25, -0.2) is 4.79 Å². The van der Waals surface area contributed by atoms with Crippen LogP contribution >= 0.6 is 11.6 Å². The molecule has 1 aromatic carbocycles. The lowest BCUT2D eigenvalue weighted by Crippen LogP contribution is -2.19. The topological polar surface area (TPSA) is 99.5 Å². The second-order valence-electron chi connectivity index (χ2n) is 6.30. The number of fused-ring (bicyclic) bond motifs is 2. The van der Waals surface area contributed by atoms with Gasteiger partial charge in [0.15, 0.2) is 0 Å². The van der Waals surface area contributed by atoms with Gasteiger partial charge >= 0.3 is 5.97 Å². The highest BCUT2D eigenvalue weighted by molar-refractivity contribution is 6.33. The molecule has 0 aromatic heterocycles. The lowest BCUT2D eigenvalue weighted by Gasteiger charge is -2.17. The monoisotopic (exact) mass is 378 g/mol. The third kappa shape index (κ3) is 3.86. The molecule has 0 saturated carbocycles. The zero-order chi connectivity index (χ0) is 18.8. The first-order valence-electron chi connectivity index (χ1n) is 8.18. The van der Waals surface area contributed by atoms with Crippen LogP contribution in [-0.4, -0.2) is 39.6 Å². The third-order valence-corrected chi connectivity index (χ3v) is 4.71. The molecule has 0 radical (unpaired) electrons. The van der Waals surface area contributed by atoms with Gasteiger partial charge in [0.1, 0.15) is 29.3 Å². The van der Waals surface area contributed by atoms with Crippen LogP contribution in [-0.2, 0) is 15.9 Å². The van der Waals surface area contributed by atoms with E-state index in [1.165, 1.54) is 0 Å². The molecule has 2 aliphatic rings. The summed E-state index contributed by atoms with van der Waals surface area (Å²) < 4.78 is 10.9. The highest BCUT2D eigenvalue weighted by atomic mass is 35.5. The Morgan fingerprint density at radius 2 is 2.04 bits per heavy atom. The molecule has 0 bridgehead atoms. The van der Waals surface area contributed by atoms with Crippen molar-refractivity contribution >= 4 is 17.6 Å². The molecule has 3 atom stereocenters. The van der Waals surface area contributed by atoms with E-state index in [1.807, 2.05) is 6.08 Å². The Morgan fingerprint density at radius 1 is 1.27 bits per heavy atom. The van der Waals surface area contributed by atoms with Crippen LogP contribution in [0.25, 0.3) is 0 Å². The van der Waals surface area contributed by atoms with Gasteiger partial charge in [0.25, 0.3) is 0 Å². The smallest absolute Gasteiger partial charge is 0.342 e. The van der Waals surface area contributed by atoms with Crippen molar-refractivity contribution in [2.75, 3.05) is 0 Å². The van der Waals surface area contributed by atoms with Gasteiger partial charge in [-0.15, -0.1) is 0 Å². The largest absolute Gasteiger partial charge is 0.515 e. The van der Waals surface area contributed by atoms with E-state index in [-0.39, 0.29) is 40.5 Å². The normalized spacial score (nSPS) is 29.8. The van der Waals surface area contributed by atoms with Gasteiger partial charge < -0.3 is 24.8 Å². The zero-order valence-electron chi connectivity index (χ0n) is 14.1. The van der Waals surface area contributed by atoms with Crippen molar-refractivity contribution in [1.29, 1.82) is 0 Å². The Bertz CT molecular complexity index is 811. The average Bonchev–Trinajstić information content (AvgIpc) is 3.31. The number of aromatic hydroxyl groups is 2. The summed E-state index contributed by atoms with van der Waals surface area (Å²) >= 11 is 6.15. The lowest BCUT2D eigenvalue weighted by molar-refractivity contribution is 0.0305. The van der Waals surface area contributed by atoms with Crippen molar-refractivity contribution in [2.45, 2.75) is 38.1 Å². The van der Waals surface area contributed by atoms with Gasteiger partial charge in [0.05, 0.1) is 17.4 Å². The first-order valence-corrected chi connectivity index (χ1v) is 8.56. The number of ether oxygens (including phenoxy) is 2. The van der Waals surface area contributed by atoms with Gasteiger partial charge in [-0.2, -0.15) is 0 Å². The van der Waals surface area contributed by atoms with Crippen LogP contribution in [0.5, 0.6) is 11.5 Å². The molecular formula is C19H19ClO6. The molecule has 7 heteroatoms. The molecule has 2 aliphatic heterocycles. The van der Waals surface area contributed by atoms with E-state index < -0.39 is 17.8 Å². The standard InChI is InChI=1S/C19H19ClO6/c1-10-6-16-15(26-16)5-3-2-4-11(9-21)7-12-17(19(24)25-10)13(22)8-14(23)18(12)20/h2-5,8-10,15-16,21-23H,6-7H2,1H3/b4-2+,5-3-,11-9+/t10-,15-,16-/m1/s1. The van der Waals surface area contributed by atoms with E-state index in [1.54, 1.807) is 25.2 Å². The summed E-state index contributed by atoms with van der Waals surface area (Å²) in [5.74, 6) is -1.55. The fourth-order valence-electron chi connectivity index (χ4n) is 2.91. The zero-order valence-corrected chi connectivity index (χ0v) is 14.8. The third-order valence-electron chi connectivity index (χ3n) is 4.29. The minimum atomic E-state index is -0.752. The van der Waals surface area contributed by atoms with Crippen LogP contribution in [0, 0.1) is 0 Å². The number of carbonyl (C=O) groups excluding carboxylic acids is 1. The number of aliphatic hydroxyl groups is 1. The Balaban J connectivity index is 2.05. The lowest BCUT2D eigenvalue weighted by atomic mass is 9.98. The minimum absolute atomic E-state index is 0.0169. The summed E-state index contributed by atoms with van der Waals surface area (Å²) in [5, 5.41) is 29.5. The van der Waals surface area contributed by atoms with Crippen molar-refractivity contribution in [1.82, 2.24) is 0 Å². The van der Waals surface area contributed by atoms with Crippen molar-refractivity contribution < 1.29 is 29.6 Å². The van der Waals surface area contributed by atoms with Crippen molar-refractivity contribution in [3.63, 3.8) is 0 Å². The van der Waals surface area contributed by atoms with E-state index >= 15 is 0 Å². The number of allylic oxidation sites excluding steroid dienone is 4. The molecule has 1 aromatic rings. The molecule has 26 heavy (non-hydrogen) atoms. The molecule has 6 nitrogen and oxygen atoms in total. The Labute approximate surface area is 155 Å². The van der Waals surface area contributed by atoms with E-state index in [0.29, 0.717) is 12.0 Å². The molecule has 0 aliphatic carbocycles. The van der Waals surface area contributed by atoms with Gasteiger partial charge in [-0.3, -0.25) is 0 Å². The number of hydrogen-bond acceptors (Lipinski definition) is 6. The van der Waals surface area contributed by atoms with Crippen LogP contribution < -0.4 is 0 Å². The van der Waals surface area contributed by atoms with Crippen LogP contribution in [0.2, 0.25) is 5.02 Å². The second-order valence-corrected chi connectivity index (χ2v) is 6.68. The SMILES string of the molecule is C[C@@H]1C[C@H]2O[C@@H]2\C=C/C=C/C(=C\O)Cc2c(Cl)c(O)cc(O)c2C(=O)O1. The molecule has 1 saturated heterocycles. The molecule has 1 fully saturated rings. The second kappa shape index (κ2) is 7.43. The maximum Gasteiger partial charge on any atom is 0.342 e. The number of rotatable bonds is 0. The fourth-order valence-corrected chi connectivity index (χ4v) is 3.13. The van der Waals surface area contributed by atoms with Crippen LogP contribution in [0.1, 0.15) is 29.3 Å². The van der Waals surface area contributed by atoms with Gasteiger partial charge in [-0.1, -0.05) is 35.9 Å². The van der Waals surface area contributed by atoms with Gasteiger partial charge in [0, 0.05) is 18.9 Å². The first-order chi connectivity index (χ1) is 12.4. The predicted octanol–water partition coefficient (Wildman–Crippen LogP) is 3.56. The van der Waals surface area contributed by atoms with E-state index in [4.69, 9.17) is 21.1 Å². The quantitative estimate of drug-likeness (QED) is 0.362. The Morgan fingerprint density at radius 3 is 2.77 bits per heavy atom. The highest BCUT2D eigenvalue weighted by Gasteiger charge is 2.38. The highest BCUT2D eigenvalue weighted by Crippen LogP contribution is 2.38. The molecule has 0 unspecified atom stereocenters. The number of epoxide rings is 1.